The molecule has 136 valence electrons. The fourth-order valence-electron chi connectivity index (χ4n) is 2.98. The summed E-state index contributed by atoms with van der Waals surface area (Å²) in [6, 6.07) is 19.8. The zero-order valence-corrected chi connectivity index (χ0v) is 15.8. The van der Waals surface area contributed by atoms with Gasteiger partial charge in [0, 0.05) is 0 Å². The second kappa shape index (κ2) is 6.53. The van der Waals surface area contributed by atoms with Gasteiger partial charge in [-0.05, 0) is 0 Å². The Morgan fingerprint density at radius 1 is 0.692 bits per heavy atom. The molecule has 0 saturated carbocycles. The summed E-state index contributed by atoms with van der Waals surface area (Å²) in [5.41, 5.74) is 1.87. The average Bonchev–Trinajstić information content (AvgIpc) is 3.02. The molecule has 26 heavy (non-hydrogen) atoms. The van der Waals surface area contributed by atoms with Gasteiger partial charge in [0.25, 0.3) is 0 Å². The number of benzene rings is 2. The van der Waals surface area contributed by atoms with Gasteiger partial charge in [-0.2, -0.15) is 0 Å². The molecule has 6 heteroatoms. The standard InChI is InChI=1S/C20H22NO4P/c1-21(2)26(22-15-16-23-26)24-19(17-9-5-3-6-10-17)13-14-20(25-26)18-11-7-4-8-12-18/h3-14H,15-16H2,1-2H3. The summed E-state index contributed by atoms with van der Waals surface area (Å²) in [4.78, 5) is 0. The molecule has 2 aliphatic rings. The molecule has 0 unspecified atom stereocenters. The Morgan fingerprint density at radius 2 is 1.12 bits per heavy atom. The van der Waals surface area contributed by atoms with Gasteiger partial charge in [0.1, 0.15) is 0 Å². The molecule has 2 aromatic rings. The van der Waals surface area contributed by atoms with E-state index in [1.807, 2.05) is 86.9 Å². The van der Waals surface area contributed by atoms with E-state index >= 15 is 0 Å². The summed E-state index contributed by atoms with van der Waals surface area (Å²) in [5, 5.41) is 0. The molecule has 2 aromatic carbocycles. The monoisotopic (exact) mass is 371 g/mol. The van der Waals surface area contributed by atoms with Crippen molar-refractivity contribution in [2.75, 3.05) is 27.3 Å². The van der Waals surface area contributed by atoms with E-state index in [0.717, 1.165) is 11.1 Å². The summed E-state index contributed by atoms with van der Waals surface area (Å²) in [5.74, 6) is 1.31. The number of allylic oxidation sites excluding steroid dienone is 2. The third-order valence-corrected chi connectivity index (χ3v) is 7.89. The predicted molar refractivity (Wildman–Crippen MR) is 104 cm³/mol. The zero-order valence-electron chi connectivity index (χ0n) is 14.9. The minimum absolute atomic E-state index is 0.417. The van der Waals surface area contributed by atoms with Crippen LogP contribution in [-0.2, 0) is 18.1 Å². The molecule has 0 aliphatic carbocycles. The van der Waals surface area contributed by atoms with Crippen molar-refractivity contribution in [2.24, 2.45) is 0 Å². The fourth-order valence-corrected chi connectivity index (χ4v) is 5.84. The molecule has 0 amide bonds. The molecular formula is C20H22NO4P. The van der Waals surface area contributed by atoms with Crippen molar-refractivity contribution < 1.29 is 18.1 Å². The first kappa shape index (κ1) is 17.3. The van der Waals surface area contributed by atoms with Crippen LogP contribution in [0, 0.1) is 0 Å². The van der Waals surface area contributed by atoms with Gasteiger partial charge in [-0.15, -0.1) is 0 Å². The van der Waals surface area contributed by atoms with Crippen molar-refractivity contribution in [1.29, 1.82) is 0 Å². The fraction of sp³-hybridized carbons (Fsp3) is 0.200. The molecule has 4 rings (SSSR count). The SMILES string of the molecule is CN(C)P12(OCCO1)OC(c1ccccc1)=CC=C(c1ccccc1)O2. The molecule has 0 N–H and O–H groups in total. The van der Waals surface area contributed by atoms with Crippen LogP contribution in [0.2, 0.25) is 0 Å². The van der Waals surface area contributed by atoms with Gasteiger partial charge < -0.3 is 0 Å². The summed E-state index contributed by atoms with van der Waals surface area (Å²) in [6.07, 6.45) is 3.82. The van der Waals surface area contributed by atoms with E-state index in [-0.39, 0.29) is 0 Å². The molecule has 0 radical (unpaired) electrons. The Hall–Kier alpha value is -2.17. The van der Waals surface area contributed by atoms with Crippen LogP contribution in [0.25, 0.3) is 11.5 Å². The Balaban J connectivity index is 1.87. The average molecular weight is 371 g/mol. The molecule has 0 aromatic heterocycles. The van der Waals surface area contributed by atoms with Gasteiger partial charge in [-0.3, -0.25) is 0 Å². The quantitative estimate of drug-likeness (QED) is 0.721. The van der Waals surface area contributed by atoms with Gasteiger partial charge in [0.05, 0.1) is 0 Å². The van der Waals surface area contributed by atoms with Crippen LogP contribution >= 0.6 is 7.66 Å². The van der Waals surface area contributed by atoms with Gasteiger partial charge >= 0.3 is 153 Å². The Morgan fingerprint density at radius 3 is 1.50 bits per heavy atom. The van der Waals surface area contributed by atoms with Crippen molar-refractivity contribution in [2.45, 2.75) is 0 Å². The number of nitrogens with zero attached hydrogens (tertiary/aromatic N) is 1. The maximum absolute atomic E-state index is 6.45. The second-order valence-corrected chi connectivity index (χ2v) is 9.49. The topological polar surface area (TPSA) is 40.2 Å². The Bertz CT molecular complexity index is 781. The molecule has 1 saturated heterocycles. The van der Waals surface area contributed by atoms with Crippen LogP contribution in [0.4, 0.5) is 0 Å². The first-order chi connectivity index (χ1) is 12.6. The number of rotatable bonds is 3. The summed E-state index contributed by atoms with van der Waals surface area (Å²) >= 11 is 0. The maximum atomic E-state index is 6.45. The summed E-state index contributed by atoms with van der Waals surface area (Å²) in [6.45, 7) is 0.834. The second-order valence-electron chi connectivity index (χ2n) is 6.26. The van der Waals surface area contributed by atoms with E-state index in [1.54, 1.807) is 4.67 Å². The van der Waals surface area contributed by atoms with Crippen molar-refractivity contribution in [3.63, 3.8) is 0 Å². The van der Waals surface area contributed by atoms with E-state index in [0.29, 0.717) is 24.7 Å². The van der Waals surface area contributed by atoms with E-state index in [4.69, 9.17) is 18.1 Å². The van der Waals surface area contributed by atoms with E-state index in [1.165, 1.54) is 0 Å². The third kappa shape index (κ3) is 2.83. The normalized spacial score (nSPS) is 22.3. The first-order valence-electron chi connectivity index (χ1n) is 8.54. The molecule has 2 heterocycles. The van der Waals surface area contributed by atoms with Crippen LogP contribution in [-0.4, -0.2) is 32.0 Å². The van der Waals surface area contributed by atoms with E-state index < -0.39 is 7.66 Å². The van der Waals surface area contributed by atoms with Crippen molar-refractivity contribution in [1.82, 2.24) is 4.67 Å². The Kier molecular flexibility index (Phi) is 4.33. The zero-order chi connectivity index (χ0) is 18.1. The number of hydrogen-bond acceptors (Lipinski definition) is 5. The molecule has 2 aliphatic heterocycles. The minimum atomic E-state index is -3.99. The van der Waals surface area contributed by atoms with Crippen molar-refractivity contribution >= 4 is 19.2 Å². The van der Waals surface area contributed by atoms with Gasteiger partial charge in [-0.1, -0.05) is 0 Å². The molecule has 1 spiro atoms. The summed E-state index contributed by atoms with van der Waals surface area (Å²) in [7, 11) is -0.267. The van der Waals surface area contributed by atoms with Crippen LogP contribution in [0.15, 0.2) is 72.8 Å². The van der Waals surface area contributed by atoms with Crippen molar-refractivity contribution in [3.05, 3.63) is 83.9 Å². The third-order valence-electron chi connectivity index (χ3n) is 4.36. The van der Waals surface area contributed by atoms with Crippen LogP contribution in [0.5, 0.6) is 0 Å². The van der Waals surface area contributed by atoms with Crippen LogP contribution in [0.1, 0.15) is 11.1 Å². The van der Waals surface area contributed by atoms with E-state index in [9.17, 15) is 0 Å². The van der Waals surface area contributed by atoms with Gasteiger partial charge in [0.15, 0.2) is 0 Å². The van der Waals surface area contributed by atoms with E-state index in [2.05, 4.69) is 0 Å². The molecule has 0 bridgehead atoms. The van der Waals surface area contributed by atoms with Gasteiger partial charge in [0.2, 0.25) is 0 Å². The van der Waals surface area contributed by atoms with Crippen molar-refractivity contribution in [3.8, 4) is 0 Å². The summed E-state index contributed by atoms with van der Waals surface area (Å²) < 4.78 is 26.9. The predicted octanol–water partition coefficient (Wildman–Crippen LogP) is 4.85. The molecule has 0 atom stereocenters. The molecule has 1 fully saturated rings. The first-order valence-corrected chi connectivity index (χ1v) is 10.4. The van der Waals surface area contributed by atoms with Crippen LogP contribution in [0.3, 0.4) is 0 Å². The number of hydrogen-bond donors (Lipinski definition) is 0. The Labute approximate surface area is 153 Å². The molecular weight excluding hydrogens is 349 g/mol. The van der Waals surface area contributed by atoms with Crippen LogP contribution < -0.4 is 0 Å². The molecule has 5 nitrogen and oxygen atoms in total. The van der Waals surface area contributed by atoms with Gasteiger partial charge in [-0.25, -0.2) is 0 Å².